The number of amides is 1. The standard InChI is InChI=1S/C17H26F2N4O2/c1-21-14(4-8-20-21)2-3-15(24)23-11-5-16(25,13-23)12-22-9-6-17(18,19)7-10-22/h4,8,25H,2-3,5-7,9-13H2,1H3. The number of rotatable bonds is 5. The lowest BCUT2D eigenvalue weighted by Crippen LogP contribution is -2.49. The number of hydrogen-bond acceptors (Lipinski definition) is 4. The Morgan fingerprint density at radius 1 is 1.28 bits per heavy atom. The van der Waals surface area contributed by atoms with Gasteiger partial charge in [0.05, 0.1) is 12.1 Å². The second-order valence-corrected chi connectivity index (χ2v) is 7.37. The fraction of sp³-hybridized carbons (Fsp3) is 0.765. The SMILES string of the molecule is Cn1nccc1CCC(=O)N1CCC(O)(CN2CCC(F)(F)CC2)C1. The quantitative estimate of drug-likeness (QED) is 0.857. The summed E-state index contributed by atoms with van der Waals surface area (Å²) in [5.41, 5.74) is 0.00602. The van der Waals surface area contributed by atoms with E-state index in [2.05, 4.69) is 5.10 Å². The molecular formula is C17H26F2N4O2. The van der Waals surface area contributed by atoms with Crippen LogP contribution in [0.4, 0.5) is 8.78 Å². The van der Waals surface area contributed by atoms with Gasteiger partial charge in [-0.1, -0.05) is 0 Å². The van der Waals surface area contributed by atoms with Gasteiger partial charge in [0, 0.05) is 64.4 Å². The highest BCUT2D eigenvalue weighted by Crippen LogP contribution is 2.30. The highest BCUT2D eigenvalue weighted by Gasteiger charge is 2.41. The van der Waals surface area contributed by atoms with Gasteiger partial charge < -0.3 is 10.0 Å². The maximum absolute atomic E-state index is 13.2. The monoisotopic (exact) mass is 356 g/mol. The van der Waals surface area contributed by atoms with Crippen LogP contribution in [0.2, 0.25) is 0 Å². The van der Waals surface area contributed by atoms with Crippen LogP contribution in [-0.2, 0) is 18.3 Å². The number of alkyl halides is 2. The van der Waals surface area contributed by atoms with E-state index in [4.69, 9.17) is 0 Å². The number of nitrogens with zero attached hydrogens (tertiary/aromatic N) is 4. The summed E-state index contributed by atoms with van der Waals surface area (Å²) in [6.45, 7) is 1.75. The Balaban J connectivity index is 1.47. The van der Waals surface area contributed by atoms with E-state index in [-0.39, 0.29) is 25.3 Å². The van der Waals surface area contributed by atoms with E-state index in [1.54, 1.807) is 15.8 Å². The molecule has 0 radical (unpaired) electrons. The van der Waals surface area contributed by atoms with E-state index in [0.29, 0.717) is 45.4 Å². The zero-order valence-corrected chi connectivity index (χ0v) is 14.6. The number of halogens is 2. The molecule has 1 N–H and O–H groups in total. The summed E-state index contributed by atoms with van der Waals surface area (Å²) in [6.07, 6.45) is 2.89. The van der Waals surface area contributed by atoms with E-state index in [9.17, 15) is 18.7 Å². The molecule has 25 heavy (non-hydrogen) atoms. The van der Waals surface area contributed by atoms with Gasteiger partial charge in [-0.2, -0.15) is 5.10 Å². The average Bonchev–Trinajstić information content (AvgIpc) is 3.13. The van der Waals surface area contributed by atoms with Gasteiger partial charge in [0.15, 0.2) is 0 Å². The first-order valence-electron chi connectivity index (χ1n) is 8.84. The summed E-state index contributed by atoms with van der Waals surface area (Å²) >= 11 is 0. The topological polar surface area (TPSA) is 61.6 Å². The zero-order chi connectivity index (χ0) is 18.1. The molecule has 2 saturated heterocycles. The number of β-amino-alcohol motifs (C(OH)–C–C–N with tert-alkyl or cyclic N) is 1. The molecule has 6 nitrogen and oxygen atoms in total. The molecule has 0 bridgehead atoms. The van der Waals surface area contributed by atoms with E-state index in [1.165, 1.54) is 0 Å². The smallest absolute Gasteiger partial charge is 0.250 e. The number of piperidine rings is 1. The molecular weight excluding hydrogens is 330 g/mol. The first-order chi connectivity index (χ1) is 11.8. The summed E-state index contributed by atoms with van der Waals surface area (Å²) in [5, 5.41) is 14.8. The second kappa shape index (κ2) is 6.99. The third-order valence-electron chi connectivity index (χ3n) is 5.31. The van der Waals surface area contributed by atoms with Crippen LogP contribution in [-0.4, -0.2) is 74.8 Å². The van der Waals surface area contributed by atoms with Crippen molar-refractivity contribution in [1.82, 2.24) is 19.6 Å². The van der Waals surface area contributed by atoms with Crippen molar-refractivity contribution >= 4 is 5.91 Å². The minimum atomic E-state index is -2.58. The molecule has 140 valence electrons. The van der Waals surface area contributed by atoms with Gasteiger partial charge in [-0.3, -0.25) is 14.4 Å². The van der Waals surface area contributed by atoms with Crippen molar-refractivity contribution in [3.8, 4) is 0 Å². The fourth-order valence-corrected chi connectivity index (χ4v) is 3.69. The minimum Gasteiger partial charge on any atom is -0.387 e. The van der Waals surface area contributed by atoms with E-state index in [0.717, 1.165) is 5.69 Å². The normalized spacial score (nSPS) is 27.0. The number of hydrogen-bond donors (Lipinski definition) is 1. The Morgan fingerprint density at radius 2 is 2.00 bits per heavy atom. The van der Waals surface area contributed by atoms with Crippen LogP contribution in [0.3, 0.4) is 0 Å². The first kappa shape index (κ1) is 18.3. The van der Waals surface area contributed by atoms with E-state index >= 15 is 0 Å². The number of aromatic nitrogens is 2. The summed E-state index contributed by atoms with van der Waals surface area (Å²) in [7, 11) is 1.84. The largest absolute Gasteiger partial charge is 0.387 e. The predicted molar refractivity (Wildman–Crippen MR) is 88.3 cm³/mol. The van der Waals surface area contributed by atoms with Crippen LogP contribution in [0.25, 0.3) is 0 Å². The number of carbonyl (C=O) groups excluding carboxylic acids is 1. The van der Waals surface area contributed by atoms with Crippen LogP contribution in [0, 0.1) is 0 Å². The maximum Gasteiger partial charge on any atom is 0.250 e. The van der Waals surface area contributed by atoms with Gasteiger partial charge in [0.25, 0.3) is 5.92 Å². The lowest BCUT2D eigenvalue weighted by atomic mass is 10.00. The van der Waals surface area contributed by atoms with E-state index < -0.39 is 11.5 Å². The summed E-state index contributed by atoms with van der Waals surface area (Å²) in [5.74, 6) is -2.56. The van der Waals surface area contributed by atoms with Crippen LogP contribution in [0.5, 0.6) is 0 Å². The van der Waals surface area contributed by atoms with Gasteiger partial charge in [0.1, 0.15) is 0 Å². The molecule has 0 aliphatic carbocycles. The highest BCUT2D eigenvalue weighted by atomic mass is 19.3. The van der Waals surface area contributed by atoms with Crippen molar-refractivity contribution in [3.63, 3.8) is 0 Å². The molecule has 0 saturated carbocycles. The van der Waals surface area contributed by atoms with Gasteiger partial charge in [-0.05, 0) is 18.9 Å². The molecule has 0 spiro atoms. The Kier molecular flexibility index (Phi) is 5.11. The molecule has 1 aromatic rings. The molecule has 2 aliphatic rings. The van der Waals surface area contributed by atoms with Crippen LogP contribution in [0.15, 0.2) is 12.3 Å². The van der Waals surface area contributed by atoms with Gasteiger partial charge >= 0.3 is 0 Å². The third-order valence-corrected chi connectivity index (χ3v) is 5.31. The Hall–Kier alpha value is -1.54. The molecule has 1 amide bonds. The van der Waals surface area contributed by atoms with E-state index in [1.807, 2.05) is 18.0 Å². The number of aliphatic hydroxyl groups is 1. The zero-order valence-electron chi connectivity index (χ0n) is 14.6. The molecule has 1 unspecified atom stereocenters. The van der Waals surface area contributed by atoms with Crippen LogP contribution < -0.4 is 0 Å². The number of carbonyl (C=O) groups is 1. The predicted octanol–water partition coefficient (Wildman–Crippen LogP) is 1.05. The summed E-state index contributed by atoms with van der Waals surface area (Å²) < 4.78 is 28.2. The number of aryl methyl sites for hydroxylation is 2. The molecule has 2 fully saturated rings. The van der Waals surface area contributed by atoms with Crippen molar-refractivity contribution in [1.29, 1.82) is 0 Å². The molecule has 3 rings (SSSR count). The Morgan fingerprint density at radius 3 is 2.64 bits per heavy atom. The molecule has 1 atom stereocenters. The average molecular weight is 356 g/mol. The molecule has 8 heteroatoms. The van der Waals surface area contributed by atoms with Crippen molar-refractivity contribution in [2.45, 2.75) is 43.6 Å². The van der Waals surface area contributed by atoms with Gasteiger partial charge in [0.2, 0.25) is 5.91 Å². The highest BCUT2D eigenvalue weighted by molar-refractivity contribution is 5.76. The lowest BCUT2D eigenvalue weighted by molar-refractivity contribution is -0.131. The molecule has 2 aliphatic heterocycles. The number of likely N-dealkylation sites (tertiary alicyclic amines) is 2. The molecule has 3 heterocycles. The van der Waals surface area contributed by atoms with Crippen molar-refractivity contribution in [2.75, 3.05) is 32.7 Å². The minimum absolute atomic E-state index is 0.0160. The third kappa shape index (κ3) is 4.55. The van der Waals surface area contributed by atoms with Crippen LogP contribution >= 0.6 is 0 Å². The summed E-state index contributed by atoms with van der Waals surface area (Å²) in [6, 6.07) is 1.89. The maximum atomic E-state index is 13.2. The Labute approximate surface area is 146 Å². The molecule has 1 aromatic heterocycles. The first-order valence-corrected chi connectivity index (χ1v) is 8.84. The second-order valence-electron chi connectivity index (χ2n) is 7.37. The van der Waals surface area contributed by atoms with Crippen LogP contribution in [0.1, 0.15) is 31.4 Å². The Bertz CT molecular complexity index is 612. The fourth-order valence-electron chi connectivity index (χ4n) is 3.69. The van der Waals surface area contributed by atoms with Crippen molar-refractivity contribution in [3.05, 3.63) is 18.0 Å². The lowest BCUT2D eigenvalue weighted by Gasteiger charge is -2.36. The van der Waals surface area contributed by atoms with Gasteiger partial charge in [-0.15, -0.1) is 0 Å². The van der Waals surface area contributed by atoms with Gasteiger partial charge in [-0.25, -0.2) is 8.78 Å². The molecule has 0 aromatic carbocycles. The van der Waals surface area contributed by atoms with Crippen molar-refractivity contribution < 1.29 is 18.7 Å². The van der Waals surface area contributed by atoms with Crippen molar-refractivity contribution in [2.24, 2.45) is 7.05 Å². The summed E-state index contributed by atoms with van der Waals surface area (Å²) in [4.78, 5) is 16.0.